The second-order valence-corrected chi connectivity index (χ2v) is 7.06. The minimum absolute atomic E-state index is 0.0755. The second-order valence-electron chi connectivity index (χ2n) is 5.03. The van der Waals surface area contributed by atoms with Crippen molar-refractivity contribution in [2.75, 3.05) is 12.4 Å². The third-order valence-electron chi connectivity index (χ3n) is 3.32. The van der Waals surface area contributed by atoms with Crippen molar-refractivity contribution in [3.63, 3.8) is 0 Å². The summed E-state index contributed by atoms with van der Waals surface area (Å²) >= 11 is 2.82. The number of aromatic nitrogens is 1. The predicted octanol–water partition coefficient (Wildman–Crippen LogP) is 4.03. The zero-order valence-corrected chi connectivity index (χ0v) is 14.8. The number of esters is 1. The van der Waals surface area contributed by atoms with E-state index in [9.17, 15) is 9.59 Å². The van der Waals surface area contributed by atoms with E-state index in [4.69, 9.17) is 5.11 Å². The summed E-state index contributed by atoms with van der Waals surface area (Å²) in [6.07, 6.45) is -0.0755. The molecule has 6 nitrogen and oxygen atoms in total. The molecule has 0 amide bonds. The van der Waals surface area contributed by atoms with Crippen LogP contribution in [0.4, 0.5) is 10.8 Å². The van der Waals surface area contributed by atoms with Crippen molar-refractivity contribution in [2.24, 2.45) is 0 Å². The molecule has 25 heavy (non-hydrogen) atoms. The molecule has 0 saturated heterocycles. The van der Waals surface area contributed by atoms with Crippen molar-refractivity contribution < 1.29 is 19.4 Å². The Kier molecular flexibility index (Phi) is 5.11. The molecule has 0 atom stereocenters. The zero-order valence-electron chi connectivity index (χ0n) is 13.2. The summed E-state index contributed by atoms with van der Waals surface area (Å²) in [4.78, 5) is 28.7. The fraction of sp³-hybridized carbons (Fsp3) is 0.118. The van der Waals surface area contributed by atoms with Crippen LogP contribution in [-0.4, -0.2) is 29.1 Å². The van der Waals surface area contributed by atoms with Crippen molar-refractivity contribution in [3.8, 4) is 10.6 Å². The molecule has 3 rings (SSSR count). The van der Waals surface area contributed by atoms with Crippen LogP contribution >= 0.6 is 22.7 Å². The van der Waals surface area contributed by atoms with Gasteiger partial charge in [0.15, 0.2) is 5.13 Å². The molecule has 2 aromatic heterocycles. The summed E-state index contributed by atoms with van der Waals surface area (Å²) in [5.74, 6) is -1.29. The average Bonchev–Trinajstić information content (AvgIpc) is 3.24. The van der Waals surface area contributed by atoms with Crippen LogP contribution in [0.1, 0.15) is 15.2 Å². The molecule has 8 heteroatoms. The SMILES string of the molecule is COC(=O)c1ccc(Nc2nc(-c3cccs3)c(CC(=O)O)s2)cc1. The first-order valence-corrected chi connectivity index (χ1v) is 8.97. The van der Waals surface area contributed by atoms with E-state index < -0.39 is 11.9 Å². The van der Waals surface area contributed by atoms with Crippen molar-refractivity contribution in [1.29, 1.82) is 0 Å². The molecular formula is C17H14N2O4S2. The Hall–Kier alpha value is -2.71. The smallest absolute Gasteiger partial charge is 0.337 e. The number of benzene rings is 1. The van der Waals surface area contributed by atoms with Gasteiger partial charge in [0.25, 0.3) is 0 Å². The van der Waals surface area contributed by atoms with Crippen LogP contribution in [0.25, 0.3) is 10.6 Å². The highest BCUT2D eigenvalue weighted by molar-refractivity contribution is 7.17. The van der Waals surface area contributed by atoms with Gasteiger partial charge in [-0.1, -0.05) is 6.07 Å². The maximum atomic E-state index is 11.5. The predicted molar refractivity (Wildman–Crippen MR) is 97.8 cm³/mol. The Morgan fingerprint density at radius 1 is 1.24 bits per heavy atom. The van der Waals surface area contributed by atoms with E-state index in [1.54, 1.807) is 24.3 Å². The van der Waals surface area contributed by atoms with Gasteiger partial charge in [0.2, 0.25) is 0 Å². The minimum atomic E-state index is -0.893. The Balaban J connectivity index is 1.85. The van der Waals surface area contributed by atoms with Crippen molar-refractivity contribution in [1.82, 2.24) is 4.98 Å². The van der Waals surface area contributed by atoms with Crippen molar-refractivity contribution in [2.45, 2.75) is 6.42 Å². The van der Waals surface area contributed by atoms with Crippen molar-refractivity contribution >= 4 is 45.4 Å². The minimum Gasteiger partial charge on any atom is -0.481 e. The highest BCUT2D eigenvalue weighted by atomic mass is 32.1. The largest absolute Gasteiger partial charge is 0.481 e. The summed E-state index contributed by atoms with van der Waals surface area (Å²) in [5.41, 5.74) is 1.90. The van der Waals surface area contributed by atoms with Gasteiger partial charge in [-0.15, -0.1) is 22.7 Å². The van der Waals surface area contributed by atoms with Gasteiger partial charge in [-0.3, -0.25) is 4.79 Å². The van der Waals surface area contributed by atoms with Gasteiger partial charge in [0.1, 0.15) is 0 Å². The van der Waals surface area contributed by atoms with Gasteiger partial charge in [-0.25, -0.2) is 9.78 Å². The van der Waals surface area contributed by atoms with Gasteiger partial charge in [-0.05, 0) is 35.7 Å². The molecule has 0 radical (unpaired) electrons. The molecule has 0 saturated carbocycles. The highest BCUT2D eigenvalue weighted by Crippen LogP contribution is 2.35. The first kappa shape index (κ1) is 17.1. The molecule has 3 aromatic rings. The Morgan fingerprint density at radius 2 is 2.00 bits per heavy atom. The van der Waals surface area contributed by atoms with Crippen LogP contribution in [0, 0.1) is 0 Å². The number of nitrogens with one attached hydrogen (secondary N) is 1. The van der Waals surface area contributed by atoms with Gasteiger partial charge >= 0.3 is 11.9 Å². The monoisotopic (exact) mass is 374 g/mol. The lowest BCUT2D eigenvalue weighted by Crippen LogP contribution is -2.00. The number of carbonyl (C=O) groups excluding carboxylic acids is 1. The molecule has 0 aliphatic heterocycles. The molecular weight excluding hydrogens is 360 g/mol. The van der Waals surface area contributed by atoms with E-state index >= 15 is 0 Å². The van der Waals surface area contributed by atoms with Gasteiger partial charge < -0.3 is 15.2 Å². The third-order valence-corrected chi connectivity index (χ3v) is 5.17. The maximum absolute atomic E-state index is 11.5. The van der Waals surface area contributed by atoms with Crippen molar-refractivity contribution in [3.05, 3.63) is 52.2 Å². The fourth-order valence-electron chi connectivity index (χ4n) is 2.20. The van der Waals surface area contributed by atoms with Crippen LogP contribution in [-0.2, 0) is 16.0 Å². The molecule has 2 heterocycles. The zero-order chi connectivity index (χ0) is 17.8. The fourth-order valence-corrected chi connectivity index (χ4v) is 3.99. The number of aliphatic carboxylic acids is 1. The van der Waals surface area contributed by atoms with E-state index in [1.165, 1.54) is 29.8 Å². The highest BCUT2D eigenvalue weighted by Gasteiger charge is 2.16. The molecule has 0 aliphatic carbocycles. The van der Waals surface area contributed by atoms with Crippen LogP contribution in [0.2, 0.25) is 0 Å². The average molecular weight is 374 g/mol. The quantitative estimate of drug-likeness (QED) is 0.633. The Bertz CT molecular complexity index is 886. The normalized spacial score (nSPS) is 10.4. The maximum Gasteiger partial charge on any atom is 0.337 e. The summed E-state index contributed by atoms with van der Waals surface area (Å²) in [6, 6.07) is 10.6. The molecule has 0 bridgehead atoms. The third kappa shape index (κ3) is 4.04. The summed E-state index contributed by atoms with van der Waals surface area (Å²) in [5, 5.41) is 14.8. The Morgan fingerprint density at radius 3 is 2.60 bits per heavy atom. The first-order valence-electron chi connectivity index (χ1n) is 7.27. The van der Waals surface area contributed by atoms with Crippen LogP contribution < -0.4 is 5.32 Å². The lowest BCUT2D eigenvalue weighted by atomic mass is 10.2. The molecule has 0 aliphatic rings. The Labute approximate surface area is 151 Å². The van der Waals surface area contributed by atoms with Gasteiger partial charge in [0, 0.05) is 10.6 Å². The lowest BCUT2D eigenvalue weighted by molar-refractivity contribution is -0.136. The number of anilines is 2. The number of thiophene rings is 1. The number of carbonyl (C=O) groups is 2. The number of hydrogen-bond donors (Lipinski definition) is 2. The topological polar surface area (TPSA) is 88.5 Å². The molecule has 2 N–H and O–H groups in total. The number of ether oxygens (including phenoxy) is 1. The van der Waals surface area contributed by atoms with Crippen LogP contribution in [0.3, 0.4) is 0 Å². The molecule has 0 fully saturated rings. The number of nitrogens with zero attached hydrogens (tertiary/aromatic N) is 1. The number of hydrogen-bond acceptors (Lipinski definition) is 7. The van der Waals surface area contributed by atoms with Crippen LogP contribution in [0.15, 0.2) is 41.8 Å². The number of rotatable bonds is 6. The molecule has 0 unspecified atom stereocenters. The number of carboxylic acids is 1. The van der Waals surface area contributed by atoms with E-state index in [0.29, 0.717) is 21.3 Å². The lowest BCUT2D eigenvalue weighted by Gasteiger charge is -2.03. The summed E-state index contributed by atoms with van der Waals surface area (Å²) in [7, 11) is 1.33. The van der Waals surface area contributed by atoms with E-state index in [2.05, 4.69) is 15.0 Å². The van der Waals surface area contributed by atoms with E-state index in [-0.39, 0.29) is 6.42 Å². The summed E-state index contributed by atoms with van der Waals surface area (Å²) in [6.45, 7) is 0. The number of thiazole rings is 1. The number of carboxylic acid groups (broad SMARTS) is 1. The van der Waals surface area contributed by atoms with E-state index in [0.717, 1.165) is 10.6 Å². The molecule has 0 spiro atoms. The summed E-state index contributed by atoms with van der Waals surface area (Å²) < 4.78 is 4.67. The molecule has 128 valence electrons. The standard InChI is InChI=1S/C17H14N2O4S2/c1-23-16(22)10-4-6-11(7-5-10)18-17-19-15(12-3-2-8-24-12)13(25-17)9-14(20)21/h2-8H,9H2,1H3,(H,18,19)(H,20,21). The van der Waals surface area contributed by atoms with E-state index in [1.807, 2.05) is 17.5 Å². The first-order chi connectivity index (χ1) is 12.1. The van der Waals surface area contributed by atoms with Gasteiger partial charge in [0.05, 0.1) is 29.7 Å². The van der Waals surface area contributed by atoms with Crippen LogP contribution in [0.5, 0.6) is 0 Å². The molecule has 1 aromatic carbocycles. The number of methoxy groups -OCH3 is 1. The van der Waals surface area contributed by atoms with Gasteiger partial charge in [-0.2, -0.15) is 0 Å². The second kappa shape index (κ2) is 7.45.